The molecule has 1 amide bonds. The lowest BCUT2D eigenvalue weighted by Gasteiger charge is -2.20. The molecule has 126 valence electrons. The Hall–Kier alpha value is -3.08. The van der Waals surface area contributed by atoms with Crippen LogP contribution in [0, 0.1) is 22.5 Å². The van der Waals surface area contributed by atoms with Gasteiger partial charge < -0.3 is 15.0 Å². The smallest absolute Gasteiger partial charge is 0.341 e. The Morgan fingerprint density at radius 1 is 1.38 bits per heavy atom. The summed E-state index contributed by atoms with van der Waals surface area (Å²) in [6, 6.07) is 4.07. The van der Waals surface area contributed by atoms with E-state index in [1.54, 1.807) is 6.07 Å². The van der Waals surface area contributed by atoms with Crippen LogP contribution in [0.15, 0.2) is 18.2 Å². The molecule has 0 unspecified atom stereocenters. The maximum Gasteiger partial charge on any atom is 0.341 e. The number of carbonyl (C=O) groups is 2. The predicted octanol–water partition coefficient (Wildman–Crippen LogP) is 1.10. The molecule has 0 aromatic heterocycles. The van der Waals surface area contributed by atoms with Gasteiger partial charge in [-0.1, -0.05) is 5.92 Å². The number of nitrogens with one attached hydrogen (secondary N) is 1. The van der Waals surface area contributed by atoms with Crippen molar-refractivity contribution < 1.29 is 19.2 Å². The van der Waals surface area contributed by atoms with Gasteiger partial charge in [0.15, 0.2) is 6.61 Å². The molecule has 1 aromatic carbocycles. The van der Waals surface area contributed by atoms with Crippen LogP contribution in [0.3, 0.4) is 0 Å². The summed E-state index contributed by atoms with van der Waals surface area (Å²) in [6.07, 6.45) is 6.99. The number of nitro benzene ring substituents is 1. The SMILES string of the molecule is C#CCNC(=O)COC(=O)c1cc([N+](=O)[O-])ccc1N1CCCC1. The molecule has 1 N–H and O–H groups in total. The van der Waals surface area contributed by atoms with Crippen molar-refractivity contribution in [2.45, 2.75) is 12.8 Å². The highest BCUT2D eigenvalue weighted by molar-refractivity contribution is 5.97. The van der Waals surface area contributed by atoms with Crippen LogP contribution in [0.2, 0.25) is 0 Å². The molecule has 1 aromatic rings. The predicted molar refractivity (Wildman–Crippen MR) is 86.7 cm³/mol. The Labute approximate surface area is 138 Å². The number of anilines is 1. The first-order valence-electron chi connectivity index (χ1n) is 7.43. The number of nitro groups is 1. The summed E-state index contributed by atoms with van der Waals surface area (Å²) in [7, 11) is 0. The number of hydrogen-bond acceptors (Lipinski definition) is 6. The van der Waals surface area contributed by atoms with Crippen molar-refractivity contribution in [3.8, 4) is 12.3 Å². The molecule has 1 aliphatic rings. The van der Waals surface area contributed by atoms with Gasteiger partial charge in [-0.3, -0.25) is 14.9 Å². The molecule has 1 fully saturated rings. The number of benzene rings is 1. The molecule has 24 heavy (non-hydrogen) atoms. The summed E-state index contributed by atoms with van der Waals surface area (Å²) in [5, 5.41) is 13.3. The molecule has 1 aliphatic heterocycles. The van der Waals surface area contributed by atoms with Crippen molar-refractivity contribution in [1.29, 1.82) is 0 Å². The second-order valence-electron chi connectivity index (χ2n) is 5.21. The fourth-order valence-corrected chi connectivity index (χ4v) is 2.44. The number of nitrogens with zero attached hydrogens (tertiary/aromatic N) is 2. The first-order chi connectivity index (χ1) is 11.5. The van der Waals surface area contributed by atoms with E-state index in [9.17, 15) is 19.7 Å². The lowest BCUT2D eigenvalue weighted by molar-refractivity contribution is -0.384. The zero-order chi connectivity index (χ0) is 17.5. The van der Waals surface area contributed by atoms with Gasteiger partial charge in [-0.2, -0.15) is 0 Å². The third kappa shape index (κ3) is 4.23. The van der Waals surface area contributed by atoms with Crippen LogP contribution in [-0.4, -0.2) is 43.0 Å². The third-order valence-corrected chi connectivity index (χ3v) is 3.58. The molecular weight excluding hydrogens is 314 g/mol. The fourth-order valence-electron chi connectivity index (χ4n) is 2.44. The van der Waals surface area contributed by atoms with E-state index < -0.39 is 23.4 Å². The molecule has 2 rings (SSSR count). The van der Waals surface area contributed by atoms with Crippen LogP contribution in [0.1, 0.15) is 23.2 Å². The minimum absolute atomic E-state index is 0.0339. The molecule has 1 saturated heterocycles. The lowest BCUT2D eigenvalue weighted by atomic mass is 10.1. The van der Waals surface area contributed by atoms with Gasteiger partial charge >= 0.3 is 5.97 Å². The van der Waals surface area contributed by atoms with E-state index in [0.717, 1.165) is 25.9 Å². The Morgan fingerprint density at radius 2 is 2.08 bits per heavy atom. The summed E-state index contributed by atoms with van der Waals surface area (Å²) >= 11 is 0. The minimum Gasteiger partial charge on any atom is -0.452 e. The van der Waals surface area contributed by atoms with Crippen LogP contribution in [0.4, 0.5) is 11.4 Å². The molecule has 0 bridgehead atoms. The van der Waals surface area contributed by atoms with E-state index in [4.69, 9.17) is 11.2 Å². The largest absolute Gasteiger partial charge is 0.452 e. The number of terminal acetylenes is 1. The minimum atomic E-state index is -0.781. The van der Waals surface area contributed by atoms with E-state index in [2.05, 4.69) is 11.2 Å². The summed E-state index contributed by atoms with van der Waals surface area (Å²) in [6.45, 7) is 1.07. The number of hydrogen-bond donors (Lipinski definition) is 1. The second kappa shape index (κ2) is 7.97. The van der Waals surface area contributed by atoms with Crippen LogP contribution >= 0.6 is 0 Å². The van der Waals surface area contributed by atoms with Crippen molar-refractivity contribution >= 4 is 23.3 Å². The van der Waals surface area contributed by atoms with E-state index in [1.807, 2.05) is 4.90 Å². The summed E-state index contributed by atoms with van der Waals surface area (Å²) in [4.78, 5) is 36.1. The summed E-state index contributed by atoms with van der Waals surface area (Å²) in [5.74, 6) is 0.916. The topological polar surface area (TPSA) is 102 Å². The van der Waals surface area contributed by atoms with E-state index in [0.29, 0.717) is 5.69 Å². The van der Waals surface area contributed by atoms with Gasteiger partial charge in [-0.25, -0.2) is 4.79 Å². The third-order valence-electron chi connectivity index (χ3n) is 3.58. The lowest BCUT2D eigenvalue weighted by Crippen LogP contribution is -2.29. The average Bonchev–Trinajstić information content (AvgIpc) is 3.11. The number of rotatable bonds is 6. The van der Waals surface area contributed by atoms with Gasteiger partial charge in [0.05, 0.1) is 22.7 Å². The first-order valence-corrected chi connectivity index (χ1v) is 7.43. The van der Waals surface area contributed by atoms with E-state index in [-0.39, 0.29) is 17.8 Å². The second-order valence-corrected chi connectivity index (χ2v) is 5.21. The first kappa shape index (κ1) is 17.3. The quantitative estimate of drug-likeness (QED) is 0.362. The van der Waals surface area contributed by atoms with Gasteiger partial charge in [-0.15, -0.1) is 6.42 Å². The molecule has 1 heterocycles. The molecular formula is C16H17N3O5. The normalized spacial score (nSPS) is 13.2. The van der Waals surface area contributed by atoms with Gasteiger partial charge in [-0.05, 0) is 18.9 Å². The summed E-state index contributed by atoms with van der Waals surface area (Å²) in [5.41, 5.74) is 0.449. The van der Waals surface area contributed by atoms with Gasteiger partial charge in [0, 0.05) is 25.2 Å². The van der Waals surface area contributed by atoms with Crippen molar-refractivity contribution in [2.75, 3.05) is 31.1 Å². The highest BCUT2D eigenvalue weighted by atomic mass is 16.6. The van der Waals surface area contributed by atoms with Gasteiger partial charge in [0.2, 0.25) is 0 Å². The number of carbonyl (C=O) groups excluding carboxylic acids is 2. The Kier molecular flexibility index (Phi) is 5.73. The number of esters is 1. The van der Waals surface area contributed by atoms with E-state index >= 15 is 0 Å². The Bertz CT molecular complexity index is 689. The number of non-ortho nitro benzene ring substituents is 1. The molecule has 8 nitrogen and oxygen atoms in total. The average molecular weight is 331 g/mol. The van der Waals surface area contributed by atoms with Crippen molar-refractivity contribution in [1.82, 2.24) is 5.32 Å². The highest BCUT2D eigenvalue weighted by Gasteiger charge is 2.23. The Balaban J connectivity index is 2.17. The molecule has 0 aliphatic carbocycles. The van der Waals surface area contributed by atoms with Crippen LogP contribution in [0.25, 0.3) is 0 Å². The zero-order valence-electron chi connectivity index (χ0n) is 13.0. The van der Waals surface area contributed by atoms with Crippen LogP contribution in [-0.2, 0) is 9.53 Å². The zero-order valence-corrected chi connectivity index (χ0v) is 13.0. The fraction of sp³-hybridized carbons (Fsp3) is 0.375. The monoisotopic (exact) mass is 331 g/mol. The Morgan fingerprint density at radius 3 is 2.71 bits per heavy atom. The van der Waals surface area contributed by atoms with Crippen LogP contribution in [0.5, 0.6) is 0 Å². The van der Waals surface area contributed by atoms with Gasteiger partial charge in [0.1, 0.15) is 0 Å². The van der Waals surface area contributed by atoms with Crippen LogP contribution < -0.4 is 10.2 Å². The maximum atomic E-state index is 12.3. The highest BCUT2D eigenvalue weighted by Crippen LogP contribution is 2.28. The molecule has 0 saturated carbocycles. The van der Waals surface area contributed by atoms with Crippen molar-refractivity contribution in [3.05, 3.63) is 33.9 Å². The maximum absolute atomic E-state index is 12.3. The number of amides is 1. The molecule has 8 heteroatoms. The molecule has 0 spiro atoms. The summed E-state index contributed by atoms with van der Waals surface area (Å²) < 4.78 is 4.95. The number of ether oxygens (including phenoxy) is 1. The van der Waals surface area contributed by atoms with Crippen molar-refractivity contribution in [2.24, 2.45) is 0 Å². The molecule has 0 atom stereocenters. The molecule has 0 radical (unpaired) electrons. The van der Waals surface area contributed by atoms with E-state index in [1.165, 1.54) is 12.1 Å². The standard InChI is InChI=1S/C16H17N3O5/c1-2-7-17-15(20)11-24-16(21)13-10-12(19(22)23)5-6-14(13)18-8-3-4-9-18/h1,5-6,10H,3-4,7-9,11H2,(H,17,20). The van der Waals surface area contributed by atoms with Crippen molar-refractivity contribution in [3.63, 3.8) is 0 Å². The van der Waals surface area contributed by atoms with Gasteiger partial charge in [0.25, 0.3) is 11.6 Å².